The predicted octanol–water partition coefficient (Wildman–Crippen LogP) is 3.95. The molecule has 106 valence electrons. The third-order valence-corrected chi connectivity index (χ3v) is 3.19. The van der Waals surface area contributed by atoms with E-state index >= 15 is 0 Å². The average Bonchev–Trinajstić information content (AvgIpc) is 2.89. The molecule has 0 saturated carbocycles. The van der Waals surface area contributed by atoms with Crippen molar-refractivity contribution in [2.24, 2.45) is 0 Å². The number of aromatic carboxylic acids is 1. The molecule has 21 heavy (non-hydrogen) atoms. The molecular weight excluding hydrogens is 275 g/mol. The molecule has 1 aromatic heterocycles. The van der Waals surface area contributed by atoms with Crippen LogP contribution in [0, 0.1) is 5.82 Å². The molecular formula is C16H11FO4. The molecule has 0 spiro atoms. The minimum absolute atomic E-state index is 0.123. The maximum absolute atomic E-state index is 13.2. The fourth-order valence-corrected chi connectivity index (χ4v) is 2.18. The van der Waals surface area contributed by atoms with Crippen LogP contribution in [-0.2, 0) is 0 Å². The Hall–Kier alpha value is -2.82. The number of halogens is 1. The normalized spacial score (nSPS) is 10.8. The van der Waals surface area contributed by atoms with E-state index in [2.05, 4.69) is 0 Å². The predicted molar refractivity (Wildman–Crippen MR) is 75.1 cm³/mol. The van der Waals surface area contributed by atoms with E-state index in [1.165, 1.54) is 37.4 Å². The Morgan fingerprint density at radius 3 is 2.71 bits per heavy atom. The van der Waals surface area contributed by atoms with Crippen molar-refractivity contribution in [3.63, 3.8) is 0 Å². The van der Waals surface area contributed by atoms with E-state index in [0.717, 1.165) is 0 Å². The minimum Gasteiger partial charge on any atom is -0.496 e. The number of benzene rings is 2. The number of carboxylic acid groups (broad SMARTS) is 1. The Labute approximate surface area is 119 Å². The standard InChI is InChI=1S/C16H11FO4/c1-20-14-4-2-9(16(18)19)7-12(14)15-8-10-6-11(17)3-5-13(10)21-15/h2-8H,1H3,(H,18,19). The van der Waals surface area contributed by atoms with Gasteiger partial charge in [0.15, 0.2) is 0 Å². The summed E-state index contributed by atoms with van der Waals surface area (Å²) in [7, 11) is 1.49. The van der Waals surface area contributed by atoms with Crippen LogP contribution in [0.4, 0.5) is 4.39 Å². The number of hydrogen-bond acceptors (Lipinski definition) is 3. The first-order chi connectivity index (χ1) is 10.1. The highest BCUT2D eigenvalue weighted by atomic mass is 19.1. The summed E-state index contributed by atoms with van der Waals surface area (Å²) in [5.74, 6) is -0.489. The number of methoxy groups -OCH3 is 1. The molecule has 3 aromatic rings. The lowest BCUT2D eigenvalue weighted by Crippen LogP contribution is -1.97. The van der Waals surface area contributed by atoms with E-state index in [1.807, 2.05) is 0 Å². The van der Waals surface area contributed by atoms with Crippen molar-refractivity contribution in [1.82, 2.24) is 0 Å². The molecule has 4 nitrogen and oxygen atoms in total. The van der Waals surface area contributed by atoms with Gasteiger partial charge in [-0.15, -0.1) is 0 Å². The first-order valence-electron chi connectivity index (χ1n) is 6.19. The highest BCUT2D eigenvalue weighted by Gasteiger charge is 2.15. The van der Waals surface area contributed by atoms with Crippen LogP contribution >= 0.6 is 0 Å². The van der Waals surface area contributed by atoms with Crippen molar-refractivity contribution < 1.29 is 23.4 Å². The largest absolute Gasteiger partial charge is 0.496 e. The Morgan fingerprint density at radius 2 is 2.00 bits per heavy atom. The number of carbonyl (C=O) groups is 1. The van der Waals surface area contributed by atoms with E-state index in [0.29, 0.717) is 28.0 Å². The number of ether oxygens (including phenoxy) is 1. The second-order valence-corrected chi connectivity index (χ2v) is 4.51. The van der Waals surface area contributed by atoms with Gasteiger partial charge in [0.2, 0.25) is 0 Å². The van der Waals surface area contributed by atoms with E-state index < -0.39 is 5.97 Å². The van der Waals surface area contributed by atoms with Gasteiger partial charge < -0.3 is 14.3 Å². The lowest BCUT2D eigenvalue weighted by atomic mass is 10.1. The Kier molecular flexibility index (Phi) is 3.10. The van der Waals surface area contributed by atoms with Crippen molar-refractivity contribution >= 4 is 16.9 Å². The van der Waals surface area contributed by atoms with E-state index in [9.17, 15) is 9.18 Å². The quantitative estimate of drug-likeness (QED) is 0.792. The van der Waals surface area contributed by atoms with Gasteiger partial charge >= 0.3 is 5.97 Å². The molecule has 0 amide bonds. The third kappa shape index (κ3) is 2.33. The van der Waals surface area contributed by atoms with E-state index in [1.54, 1.807) is 12.1 Å². The Balaban J connectivity index is 2.20. The van der Waals surface area contributed by atoms with Crippen LogP contribution in [0.2, 0.25) is 0 Å². The van der Waals surface area contributed by atoms with Gasteiger partial charge in [-0.2, -0.15) is 0 Å². The van der Waals surface area contributed by atoms with Gasteiger partial charge in [-0.05, 0) is 42.5 Å². The highest BCUT2D eigenvalue weighted by molar-refractivity contribution is 5.91. The summed E-state index contributed by atoms with van der Waals surface area (Å²) in [6.07, 6.45) is 0. The maximum atomic E-state index is 13.2. The Bertz CT molecular complexity index is 835. The molecule has 5 heteroatoms. The second kappa shape index (κ2) is 4.94. The van der Waals surface area contributed by atoms with Crippen molar-refractivity contribution in [2.75, 3.05) is 7.11 Å². The number of rotatable bonds is 3. The van der Waals surface area contributed by atoms with Gasteiger partial charge in [-0.3, -0.25) is 0 Å². The number of fused-ring (bicyclic) bond motifs is 1. The summed E-state index contributed by atoms with van der Waals surface area (Å²) in [6.45, 7) is 0. The summed E-state index contributed by atoms with van der Waals surface area (Å²) >= 11 is 0. The van der Waals surface area contributed by atoms with E-state index in [-0.39, 0.29) is 11.4 Å². The monoisotopic (exact) mass is 286 g/mol. The van der Waals surface area contributed by atoms with Gasteiger partial charge in [0.05, 0.1) is 18.2 Å². The highest BCUT2D eigenvalue weighted by Crippen LogP contribution is 2.35. The van der Waals surface area contributed by atoms with Crippen LogP contribution in [0.25, 0.3) is 22.3 Å². The fourth-order valence-electron chi connectivity index (χ4n) is 2.18. The second-order valence-electron chi connectivity index (χ2n) is 4.51. The number of furan rings is 1. The maximum Gasteiger partial charge on any atom is 0.335 e. The Morgan fingerprint density at radius 1 is 1.19 bits per heavy atom. The average molecular weight is 286 g/mol. The summed E-state index contributed by atoms with van der Waals surface area (Å²) in [5.41, 5.74) is 1.15. The molecule has 0 saturated heterocycles. The van der Waals surface area contributed by atoms with Crippen LogP contribution in [0.5, 0.6) is 5.75 Å². The van der Waals surface area contributed by atoms with Gasteiger partial charge in [0.25, 0.3) is 0 Å². The smallest absolute Gasteiger partial charge is 0.335 e. The van der Waals surface area contributed by atoms with Crippen molar-refractivity contribution in [3.8, 4) is 17.1 Å². The molecule has 0 atom stereocenters. The van der Waals surface area contributed by atoms with Gasteiger partial charge in [-0.1, -0.05) is 0 Å². The number of carboxylic acids is 1. The van der Waals surface area contributed by atoms with Crippen LogP contribution in [0.1, 0.15) is 10.4 Å². The first kappa shape index (κ1) is 13.2. The minimum atomic E-state index is -1.04. The first-order valence-corrected chi connectivity index (χ1v) is 6.19. The molecule has 1 N–H and O–H groups in total. The SMILES string of the molecule is COc1ccc(C(=O)O)cc1-c1cc2cc(F)ccc2o1. The van der Waals surface area contributed by atoms with Gasteiger partial charge in [0.1, 0.15) is 22.9 Å². The van der Waals surface area contributed by atoms with Crippen molar-refractivity contribution in [1.29, 1.82) is 0 Å². The molecule has 1 heterocycles. The fraction of sp³-hybridized carbons (Fsp3) is 0.0625. The summed E-state index contributed by atoms with van der Waals surface area (Å²) < 4.78 is 24.1. The molecule has 0 fully saturated rings. The molecule has 0 unspecified atom stereocenters. The number of hydrogen-bond donors (Lipinski definition) is 1. The molecule has 0 aliphatic carbocycles. The zero-order valence-electron chi connectivity index (χ0n) is 11.1. The van der Waals surface area contributed by atoms with Crippen molar-refractivity contribution in [2.45, 2.75) is 0 Å². The molecule has 0 radical (unpaired) electrons. The molecule has 0 aliphatic heterocycles. The van der Waals surface area contributed by atoms with Crippen molar-refractivity contribution in [3.05, 3.63) is 53.8 Å². The zero-order chi connectivity index (χ0) is 15.0. The van der Waals surface area contributed by atoms with Crippen LogP contribution in [0.3, 0.4) is 0 Å². The molecule has 3 rings (SSSR count). The summed E-state index contributed by atoms with van der Waals surface area (Å²) in [4.78, 5) is 11.1. The molecule has 2 aromatic carbocycles. The summed E-state index contributed by atoms with van der Waals surface area (Å²) in [6, 6.07) is 10.3. The van der Waals surface area contributed by atoms with E-state index in [4.69, 9.17) is 14.3 Å². The van der Waals surface area contributed by atoms with Gasteiger partial charge in [0, 0.05) is 5.39 Å². The lowest BCUT2D eigenvalue weighted by Gasteiger charge is -2.06. The molecule has 0 bridgehead atoms. The van der Waals surface area contributed by atoms with Gasteiger partial charge in [-0.25, -0.2) is 9.18 Å². The zero-order valence-corrected chi connectivity index (χ0v) is 11.1. The third-order valence-electron chi connectivity index (χ3n) is 3.19. The summed E-state index contributed by atoms with van der Waals surface area (Å²) in [5, 5.41) is 9.68. The van der Waals surface area contributed by atoms with Crippen LogP contribution in [-0.4, -0.2) is 18.2 Å². The molecule has 0 aliphatic rings. The topological polar surface area (TPSA) is 59.7 Å². The van der Waals surface area contributed by atoms with Crippen LogP contribution in [0.15, 0.2) is 46.9 Å². The lowest BCUT2D eigenvalue weighted by molar-refractivity contribution is 0.0697. The van der Waals surface area contributed by atoms with Crippen LogP contribution < -0.4 is 4.74 Å².